The number of nitrogen functional groups attached to an aromatic ring is 6. The smallest absolute Gasteiger partial charge is 0.358 e. The highest BCUT2D eigenvalue weighted by Crippen LogP contribution is 2.31. The summed E-state index contributed by atoms with van der Waals surface area (Å²) in [5.74, 6) is 0.692. The third kappa shape index (κ3) is 3.61. The summed E-state index contributed by atoms with van der Waals surface area (Å²) >= 11 is 13.6. The molecule has 0 aliphatic heterocycles. The summed E-state index contributed by atoms with van der Waals surface area (Å²) in [5.41, 5.74) is 38.4. The minimum atomic E-state index is 0.242. The summed E-state index contributed by atoms with van der Waals surface area (Å²) in [6.45, 7) is 0. The van der Waals surface area contributed by atoms with E-state index in [9.17, 15) is 0 Å². The minimum absolute atomic E-state index is 0.242. The molecule has 0 radical (unpaired) electrons. The van der Waals surface area contributed by atoms with Gasteiger partial charge in [0.05, 0.1) is 40.8 Å². The van der Waals surface area contributed by atoms with E-state index in [1.165, 1.54) is 0 Å². The van der Waals surface area contributed by atoms with Crippen molar-refractivity contribution >= 4 is 57.3 Å². The molecule has 0 aliphatic rings. The third-order valence-corrected chi connectivity index (χ3v) is 5.54. The Labute approximate surface area is 193 Å². The molecule has 0 atom stereocenters. The number of aromatic nitrogens is 4. The van der Waals surface area contributed by atoms with Crippen molar-refractivity contribution in [1.82, 2.24) is 4.98 Å². The fraction of sp³-hybridized carbons (Fsp3) is 0. The molecule has 4 aromatic heterocycles. The lowest BCUT2D eigenvalue weighted by molar-refractivity contribution is -0.617. The summed E-state index contributed by atoms with van der Waals surface area (Å²) in [4.78, 5) is 4.68. The van der Waals surface area contributed by atoms with Gasteiger partial charge in [0.15, 0.2) is 12.4 Å². The van der Waals surface area contributed by atoms with E-state index in [-0.39, 0.29) is 10.0 Å². The summed E-state index contributed by atoms with van der Waals surface area (Å²) in [6.07, 6.45) is 9.89. The van der Waals surface area contributed by atoms with Gasteiger partial charge in [-0.3, -0.25) is 0 Å². The summed E-state index contributed by atoms with van der Waals surface area (Å²) in [6, 6.07) is 4.93. The molecule has 162 valence electrons. The Morgan fingerprint density at radius 2 is 0.875 bits per heavy atom. The molecule has 0 unspecified atom stereocenters. The zero-order valence-electron chi connectivity index (χ0n) is 16.7. The SMILES string of the molecule is Nc1cc[n+](-c2nc(-[n+]3ccc(N)c(N)c3)c(Cl)c(-[n+]3ccc(N)c(N)c3)c2Cl)cc1N. The molecular formula is C20H21Cl2N10+3. The number of anilines is 6. The molecule has 0 saturated carbocycles. The zero-order valence-corrected chi connectivity index (χ0v) is 18.2. The Morgan fingerprint density at radius 3 is 1.25 bits per heavy atom. The molecule has 4 heterocycles. The van der Waals surface area contributed by atoms with E-state index in [0.29, 0.717) is 51.4 Å². The second kappa shape index (κ2) is 7.91. The van der Waals surface area contributed by atoms with Crippen molar-refractivity contribution in [1.29, 1.82) is 0 Å². The van der Waals surface area contributed by atoms with Crippen LogP contribution in [0.25, 0.3) is 17.3 Å². The molecule has 12 N–H and O–H groups in total. The molecule has 0 bridgehead atoms. The Kier molecular flexibility index (Phi) is 5.25. The molecule has 32 heavy (non-hydrogen) atoms. The number of hydrogen-bond donors (Lipinski definition) is 6. The molecule has 0 aliphatic carbocycles. The maximum Gasteiger partial charge on any atom is 0.358 e. The molecule has 4 aromatic rings. The number of hydrogen-bond acceptors (Lipinski definition) is 7. The Hall–Kier alpha value is -4.02. The predicted molar refractivity (Wildman–Crippen MR) is 125 cm³/mol. The van der Waals surface area contributed by atoms with E-state index in [1.807, 2.05) is 0 Å². The van der Waals surface area contributed by atoms with Gasteiger partial charge < -0.3 is 34.4 Å². The number of pyridine rings is 4. The molecule has 0 aromatic carbocycles. The normalized spacial score (nSPS) is 10.9. The van der Waals surface area contributed by atoms with Crippen molar-refractivity contribution in [2.24, 2.45) is 0 Å². The van der Waals surface area contributed by atoms with Crippen LogP contribution in [0.4, 0.5) is 34.1 Å². The lowest BCUT2D eigenvalue weighted by Gasteiger charge is -2.08. The van der Waals surface area contributed by atoms with Gasteiger partial charge in [-0.25, -0.2) is 0 Å². The Morgan fingerprint density at radius 1 is 0.531 bits per heavy atom. The van der Waals surface area contributed by atoms with Crippen molar-refractivity contribution in [3.8, 4) is 17.3 Å². The van der Waals surface area contributed by atoms with Crippen LogP contribution in [0.2, 0.25) is 10.0 Å². The maximum absolute atomic E-state index is 6.80. The van der Waals surface area contributed by atoms with E-state index >= 15 is 0 Å². The molecule has 10 nitrogen and oxygen atoms in total. The van der Waals surface area contributed by atoms with Gasteiger partial charge in [0.2, 0.25) is 10.0 Å². The van der Waals surface area contributed by atoms with E-state index in [2.05, 4.69) is 4.98 Å². The van der Waals surface area contributed by atoms with E-state index in [0.717, 1.165) is 0 Å². The van der Waals surface area contributed by atoms with Crippen molar-refractivity contribution in [2.45, 2.75) is 0 Å². The highest BCUT2D eigenvalue weighted by atomic mass is 35.5. The highest BCUT2D eigenvalue weighted by molar-refractivity contribution is 6.38. The van der Waals surface area contributed by atoms with Gasteiger partial charge in [-0.2, -0.15) is 13.7 Å². The second-order valence-electron chi connectivity index (χ2n) is 7.02. The van der Waals surface area contributed by atoms with Gasteiger partial charge in [0, 0.05) is 23.2 Å². The first-order valence-electron chi connectivity index (χ1n) is 9.26. The van der Waals surface area contributed by atoms with Gasteiger partial charge in [0.25, 0.3) is 5.69 Å². The largest absolute Gasteiger partial charge is 0.397 e. The van der Waals surface area contributed by atoms with Crippen LogP contribution in [0.15, 0.2) is 55.4 Å². The zero-order chi connectivity index (χ0) is 23.2. The molecule has 0 spiro atoms. The van der Waals surface area contributed by atoms with Gasteiger partial charge in [-0.05, 0) is 0 Å². The monoisotopic (exact) mass is 471 g/mol. The van der Waals surface area contributed by atoms with Crippen LogP contribution in [-0.4, -0.2) is 4.98 Å². The third-order valence-electron chi connectivity index (χ3n) is 4.85. The molecule has 0 saturated heterocycles. The maximum atomic E-state index is 6.80. The molecule has 4 rings (SSSR count). The van der Waals surface area contributed by atoms with Gasteiger partial charge in [-0.1, -0.05) is 23.2 Å². The summed E-state index contributed by atoms with van der Waals surface area (Å²) in [5, 5.41) is 0.484. The fourth-order valence-corrected chi connectivity index (χ4v) is 3.76. The minimum Gasteiger partial charge on any atom is -0.397 e. The van der Waals surface area contributed by atoms with Crippen molar-refractivity contribution < 1.29 is 13.7 Å². The van der Waals surface area contributed by atoms with Gasteiger partial charge in [0.1, 0.15) is 18.1 Å². The van der Waals surface area contributed by atoms with Crippen molar-refractivity contribution in [3.05, 3.63) is 65.4 Å². The Bertz CT molecular complexity index is 1300. The number of rotatable bonds is 3. The average Bonchev–Trinajstić information content (AvgIpc) is 2.75. The Balaban J connectivity index is 2.06. The lowest BCUT2D eigenvalue weighted by Crippen LogP contribution is -2.40. The van der Waals surface area contributed by atoms with Crippen LogP contribution in [-0.2, 0) is 0 Å². The summed E-state index contributed by atoms with van der Waals surface area (Å²) < 4.78 is 4.94. The van der Waals surface area contributed by atoms with Crippen molar-refractivity contribution in [2.75, 3.05) is 34.4 Å². The number of halogens is 2. The number of nitrogens with zero attached hydrogens (tertiary/aromatic N) is 4. The quantitative estimate of drug-likeness (QED) is 0.238. The van der Waals surface area contributed by atoms with Crippen LogP contribution in [0.1, 0.15) is 0 Å². The van der Waals surface area contributed by atoms with Crippen LogP contribution < -0.4 is 48.1 Å². The van der Waals surface area contributed by atoms with Crippen LogP contribution in [0, 0.1) is 0 Å². The molecule has 0 amide bonds. The van der Waals surface area contributed by atoms with Crippen LogP contribution in [0.3, 0.4) is 0 Å². The fourth-order valence-electron chi connectivity index (χ4n) is 3.05. The topological polar surface area (TPSA) is 181 Å². The lowest BCUT2D eigenvalue weighted by atomic mass is 10.2. The van der Waals surface area contributed by atoms with E-state index < -0.39 is 0 Å². The first-order valence-corrected chi connectivity index (χ1v) is 10.0. The first-order chi connectivity index (χ1) is 15.2. The van der Waals surface area contributed by atoms with Gasteiger partial charge in [-0.15, -0.1) is 0 Å². The predicted octanol–water partition coefficient (Wildman–Crippen LogP) is 0.712. The molecule has 0 fully saturated rings. The van der Waals surface area contributed by atoms with E-state index in [4.69, 9.17) is 57.6 Å². The van der Waals surface area contributed by atoms with Crippen LogP contribution in [0.5, 0.6) is 0 Å². The number of nitrogens with two attached hydrogens (primary N) is 6. The van der Waals surface area contributed by atoms with Crippen molar-refractivity contribution in [3.63, 3.8) is 0 Å². The first kappa shape index (κ1) is 21.2. The molecule has 12 heteroatoms. The second-order valence-corrected chi connectivity index (χ2v) is 7.78. The standard InChI is InChI=1S/C20H18Cl2N10/c21-16-18(30-4-1-10(23)13(26)7-30)17(22)20(32-6-3-12(25)15(28)9-32)29-19(16)31-5-2-11(24)14(27)8-31/h1-9,23-25H,26-28H2/p+3. The average molecular weight is 472 g/mol. The van der Waals surface area contributed by atoms with Gasteiger partial charge >= 0.3 is 11.6 Å². The van der Waals surface area contributed by atoms with Crippen LogP contribution >= 0.6 is 23.2 Å². The summed E-state index contributed by atoms with van der Waals surface area (Å²) in [7, 11) is 0. The molecular weight excluding hydrogens is 451 g/mol. The van der Waals surface area contributed by atoms with E-state index in [1.54, 1.807) is 69.1 Å². The highest BCUT2D eigenvalue weighted by Gasteiger charge is 2.35.